The van der Waals surface area contributed by atoms with Gasteiger partial charge in [-0.1, -0.05) is 13.8 Å². The van der Waals surface area contributed by atoms with Gasteiger partial charge < -0.3 is 5.11 Å². The normalized spacial score (nSPS) is 11.1. The van der Waals surface area contributed by atoms with Gasteiger partial charge in [0.1, 0.15) is 22.9 Å². The topological polar surface area (TPSA) is 55.1 Å². The summed E-state index contributed by atoms with van der Waals surface area (Å²) in [6.45, 7) is 4.43. The predicted octanol–water partition coefficient (Wildman–Crippen LogP) is 3.18. The van der Waals surface area contributed by atoms with Crippen molar-refractivity contribution in [3.05, 3.63) is 41.6 Å². The fourth-order valence-electron chi connectivity index (χ4n) is 1.93. The lowest BCUT2D eigenvalue weighted by molar-refractivity contribution is 0.0697. The first-order valence-electron chi connectivity index (χ1n) is 6.14. The summed E-state index contributed by atoms with van der Waals surface area (Å²) < 4.78 is 28.2. The second kappa shape index (κ2) is 5.40. The number of hydrogen-bond donors (Lipinski definition) is 1. The number of benzene rings is 1. The lowest BCUT2D eigenvalue weighted by atomic mass is 10.1. The minimum absolute atomic E-state index is 0.00986. The fourth-order valence-corrected chi connectivity index (χ4v) is 1.93. The maximum absolute atomic E-state index is 13.8. The van der Waals surface area contributed by atoms with Crippen LogP contribution in [0.2, 0.25) is 0 Å². The Kier molecular flexibility index (Phi) is 3.83. The van der Waals surface area contributed by atoms with Crippen LogP contribution in [-0.4, -0.2) is 20.9 Å². The SMILES string of the molecule is CC(C)Cn1cc(C(=O)O)c(-c2ccc(F)cc2F)n1. The summed E-state index contributed by atoms with van der Waals surface area (Å²) in [5, 5.41) is 13.3. The van der Waals surface area contributed by atoms with Gasteiger partial charge in [0.25, 0.3) is 0 Å². The van der Waals surface area contributed by atoms with Crippen LogP contribution in [0.5, 0.6) is 0 Å². The summed E-state index contributed by atoms with van der Waals surface area (Å²) in [7, 11) is 0. The molecule has 0 bridgehead atoms. The first-order valence-corrected chi connectivity index (χ1v) is 6.14. The van der Waals surface area contributed by atoms with E-state index in [0.29, 0.717) is 12.6 Å². The van der Waals surface area contributed by atoms with Crippen LogP contribution in [0.4, 0.5) is 8.78 Å². The Balaban J connectivity index is 2.54. The molecule has 0 amide bonds. The predicted molar refractivity (Wildman–Crippen MR) is 69.4 cm³/mol. The van der Waals surface area contributed by atoms with Crippen molar-refractivity contribution < 1.29 is 18.7 Å². The monoisotopic (exact) mass is 280 g/mol. The maximum atomic E-state index is 13.8. The molecule has 0 aliphatic rings. The smallest absolute Gasteiger partial charge is 0.339 e. The largest absolute Gasteiger partial charge is 0.478 e. The average Bonchev–Trinajstić information content (AvgIpc) is 2.71. The van der Waals surface area contributed by atoms with Crippen molar-refractivity contribution in [2.45, 2.75) is 20.4 Å². The van der Waals surface area contributed by atoms with Crippen molar-refractivity contribution in [3.63, 3.8) is 0 Å². The molecule has 1 N–H and O–H groups in total. The lowest BCUT2D eigenvalue weighted by Gasteiger charge is -2.04. The molecule has 0 saturated carbocycles. The number of aromatic nitrogens is 2. The van der Waals surface area contributed by atoms with Crippen LogP contribution >= 0.6 is 0 Å². The second-order valence-corrected chi connectivity index (χ2v) is 4.94. The van der Waals surface area contributed by atoms with Crippen LogP contribution in [0, 0.1) is 17.6 Å². The molecule has 0 atom stereocenters. The highest BCUT2D eigenvalue weighted by Gasteiger charge is 2.20. The lowest BCUT2D eigenvalue weighted by Crippen LogP contribution is -2.04. The summed E-state index contributed by atoms with van der Waals surface area (Å²) in [6.07, 6.45) is 1.36. The van der Waals surface area contributed by atoms with E-state index in [1.165, 1.54) is 16.9 Å². The molecule has 2 rings (SSSR count). The molecule has 106 valence electrons. The number of nitrogens with zero attached hydrogens (tertiary/aromatic N) is 2. The molecule has 0 fully saturated rings. The molecule has 0 unspecified atom stereocenters. The molecule has 1 aromatic heterocycles. The minimum Gasteiger partial charge on any atom is -0.478 e. The van der Waals surface area contributed by atoms with E-state index in [1.807, 2.05) is 13.8 Å². The van der Waals surface area contributed by atoms with E-state index >= 15 is 0 Å². The number of carbonyl (C=O) groups is 1. The molecule has 0 aliphatic heterocycles. The molecule has 1 aromatic carbocycles. The van der Waals surface area contributed by atoms with Gasteiger partial charge in [-0.25, -0.2) is 13.6 Å². The fraction of sp³-hybridized carbons (Fsp3) is 0.286. The molecule has 20 heavy (non-hydrogen) atoms. The van der Waals surface area contributed by atoms with E-state index in [1.54, 1.807) is 0 Å². The van der Waals surface area contributed by atoms with E-state index in [0.717, 1.165) is 6.07 Å². The van der Waals surface area contributed by atoms with Crippen LogP contribution in [0.3, 0.4) is 0 Å². The zero-order chi connectivity index (χ0) is 14.9. The number of aromatic carboxylic acids is 1. The number of hydrogen-bond acceptors (Lipinski definition) is 2. The van der Waals surface area contributed by atoms with Gasteiger partial charge in [0, 0.05) is 24.4 Å². The van der Waals surface area contributed by atoms with Crippen molar-refractivity contribution in [2.24, 2.45) is 5.92 Å². The highest BCUT2D eigenvalue weighted by Crippen LogP contribution is 2.26. The van der Waals surface area contributed by atoms with Gasteiger partial charge in [0.2, 0.25) is 0 Å². The first kappa shape index (κ1) is 14.2. The molecule has 1 heterocycles. The van der Waals surface area contributed by atoms with Gasteiger partial charge in [0.15, 0.2) is 0 Å². The van der Waals surface area contributed by atoms with Crippen molar-refractivity contribution in [3.8, 4) is 11.3 Å². The van der Waals surface area contributed by atoms with Crippen LogP contribution in [0.15, 0.2) is 24.4 Å². The van der Waals surface area contributed by atoms with E-state index in [4.69, 9.17) is 0 Å². The molecular weight excluding hydrogens is 266 g/mol. The van der Waals surface area contributed by atoms with Crippen molar-refractivity contribution >= 4 is 5.97 Å². The molecule has 0 spiro atoms. The summed E-state index contributed by atoms with van der Waals surface area (Å²) in [5.74, 6) is -2.48. The van der Waals surface area contributed by atoms with Gasteiger partial charge in [0.05, 0.1) is 0 Å². The van der Waals surface area contributed by atoms with Gasteiger partial charge in [-0.05, 0) is 18.1 Å². The third-order valence-corrected chi connectivity index (χ3v) is 2.73. The van der Waals surface area contributed by atoms with E-state index in [2.05, 4.69) is 5.10 Å². The number of carboxylic acid groups (broad SMARTS) is 1. The van der Waals surface area contributed by atoms with Crippen LogP contribution < -0.4 is 0 Å². The molecule has 6 heteroatoms. The third-order valence-electron chi connectivity index (χ3n) is 2.73. The van der Waals surface area contributed by atoms with Crippen LogP contribution in [0.25, 0.3) is 11.3 Å². The minimum atomic E-state index is -1.20. The summed E-state index contributed by atoms with van der Waals surface area (Å²) in [5.41, 5.74) is -0.113. The standard InChI is InChI=1S/C14H14F2N2O2/c1-8(2)6-18-7-11(14(19)20)13(17-18)10-4-3-9(15)5-12(10)16/h3-5,7-8H,6H2,1-2H3,(H,19,20). The molecule has 2 aromatic rings. The Hall–Kier alpha value is -2.24. The first-order chi connectivity index (χ1) is 9.38. The number of carboxylic acids is 1. The Morgan fingerprint density at radius 3 is 2.65 bits per heavy atom. The Morgan fingerprint density at radius 2 is 2.10 bits per heavy atom. The van der Waals surface area contributed by atoms with Crippen molar-refractivity contribution in [1.29, 1.82) is 0 Å². The van der Waals surface area contributed by atoms with Crippen LogP contribution in [0.1, 0.15) is 24.2 Å². The zero-order valence-corrected chi connectivity index (χ0v) is 11.1. The van der Waals surface area contributed by atoms with Gasteiger partial charge in [-0.15, -0.1) is 0 Å². The Bertz CT molecular complexity index is 651. The van der Waals surface area contributed by atoms with Gasteiger partial charge in [-0.2, -0.15) is 5.10 Å². The molecule has 0 aliphatic carbocycles. The summed E-state index contributed by atoms with van der Waals surface area (Å²) >= 11 is 0. The summed E-state index contributed by atoms with van der Waals surface area (Å²) in [4.78, 5) is 11.2. The summed E-state index contributed by atoms with van der Waals surface area (Å²) in [6, 6.07) is 2.98. The Morgan fingerprint density at radius 1 is 1.40 bits per heavy atom. The molecular formula is C14H14F2N2O2. The van der Waals surface area contributed by atoms with Gasteiger partial charge in [-0.3, -0.25) is 4.68 Å². The van der Waals surface area contributed by atoms with E-state index < -0.39 is 17.6 Å². The molecule has 4 nitrogen and oxygen atoms in total. The van der Waals surface area contributed by atoms with Crippen LogP contribution in [-0.2, 0) is 6.54 Å². The average molecular weight is 280 g/mol. The molecule has 0 radical (unpaired) electrons. The van der Waals surface area contributed by atoms with Crippen molar-refractivity contribution in [2.75, 3.05) is 0 Å². The highest BCUT2D eigenvalue weighted by molar-refractivity contribution is 5.94. The van der Waals surface area contributed by atoms with E-state index in [9.17, 15) is 18.7 Å². The number of rotatable bonds is 4. The maximum Gasteiger partial charge on any atom is 0.339 e. The zero-order valence-electron chi connectivity index (χ0n) is 11.1. The second-order valence-electron chi connectivity index (χ2n) is 4.94. The third kappa shape index (κ3) is 2.84. The van der Waals surface area contributed by atoms with Crippen molar-refractivity contribution in [1.82, 2.24) is 9.78 Å². The van der Waals surface area contributed by atoms with Gasteiger partial charge >= 0.3 is 5.97 Å². The molecule has 0 saturated heterocycles. The highest BCUT2D eigenvalue weighted by atomic mass is 19.1. The number of halogens is 2. The Labute approximate surface area is 114 Å². The van der Waals surface area contributed by atoms with E-state index in [-0.39, 0.29) is 22.7 Å². The quantitative estimate of drug-likeness (QED) is 0.935.